The van der Waals surface area contributed by atoms with E-state index in [4.69, 9.17) is 9.47 Å². The van der Waals surface area contributed by atoms with E-state index in [0.29, 0.717) is 25.6 Å². The van der Waals surface area contributed by atoms with Crippen LogP contribution >= 0.6 is 0 Å². The van der Waals surface area contributed by atoms with Crippen molar-refractivity contribution in [1.82, 2.24) is 4.90 Å². The Bertz CT molecular complexity index is 773. The van der Waals surface area contributed by atoms with E-state index in [-0.39, 0.29) is 18.5 Å². The number of carbonyl (C=O) groups is 2. The first-order chi connectivity index (χ1) is 25.8. The maximum Gasteiger partial charge on any atom is 0.311 e. The van der Waals surface area contributed by atoms with Crippen molar-refractivity contribution >= 4 is 11.9 Å². The molecule has 0 amide bonds. The van der Waals surface area contributed by atoms with E-state index in [0.717, 1.165) is 77.4 Å². The summed E-state index contributed by atoms with van der Waals surface area (Å²) in [6, 6.07) is 0. The molecule has 0 radical (unpaired) electrons. The first-order valence-electron chi connectivity index (χ1n) is 23.5. The Labute approximate surface area is 331 Å². The highest BCUT2D eigenvalue weighted by atomic mass is 16.5. The Hall–Kier alpha value is -1.14. The number of ether oxygens (including phenoxy) is 2. The van der Waals surface area contributed by atoms with Crippen molar-refractivity contribution in [1.29, 1.82) is 0 Å². The zero-order valence-corrected chi connectivity index (χ0v) is 36.5. The van der Waals surface area contributed by atoms with Gasteiger partial charge < -0.3 is 19.5 Å². The Kier molecular flexibility index (Phi) is 38.3. The molecule has 316 valence electrons. The van der Waals surface area contributed by atoms with Crippen molar-refractivity contribution < 1.29 is 24.2 Å². The zero-order chi connectivity index (χ0) is 39.1. The molecule has 0 aromatic heterocycles. The third-order valence-electron chi connectivity index (χ3n) is 11.2. The third kappa shape index (κ3) is 35.0. The summed E-state index contributed by atoms with van der Waals surface area (Å²) in [6.07, 6.45) is 37.7. The van der Waals surface area contributed by atoms with Gasteiger partial charge in [-0.25, -0.2) is 0 Å². The lowest BCUT2D eigenvalue weighted by Gasteiger charge is -2.25. The number of hydrogen-bond acceptors (Lipinski definition) is 6. The van der Waals surface area contributed by atoms with Gasteiger partial charge in [0.25, 0.3) is 0 Å². The second-order valence-electron chi connectivity index (χ2n) is 17.1. The summed E-state index contributed by atoms with van der Waals surface area (Å²) in [5.74, 6) is 0.489. The van der Waals surface area contributed by atoms with Crippen molar-refractivity contribution in [2.75, 3.05) is 39.5 Å². The van der Waals surface area contributed by atoms with Crippen molar-refractivity contribution in [2.24, 2.45) is 11.3 Å². The largest absolute Gasteiger partial charge is 0.466 e. The molecule has 1 N–H and O–H groups in total. The van der Waals surface area contributed by atoms with Crippen LogP contribution in [0.2, 0.25) is 0 Å². The molecular formula is C47H93NO5. The number of rotatable bonds is 42. The number of aliphatic hydroxyl groups excluding tert-OH is 1. The van der Waals surface area contributed by atoms with Gasteiger partial charge in [0.15, 0.2) is 0 Å². The van der Waals surface area contributed by atoms with E-state index in [1.165, 1.54) is 141 Å². The van der Waals surface area contributed by atoms with Gasteiger partial charge >= 0.3 is 11.9 Å². The molecule has 6 heteroatoms. The predicted octanol–water partition coefficient (Wildman–Crippen LogP) is 13.6. The number of carbonyl (C=O) groups excluding carboxylic acids is 2. The first-order valence-corrected chi connectivity index (χ1v) is 23.5. The molecule has 0 aliphatic heterocycles. The number of esters is 2. The van der Waals surface area contributed by atoms with Crippen LogP contribution in [0.1, 0.15) is 240 Å². The molecule has 0 aromatic rings. The van der Waals surface area contributed by atoms with Crippen LogP contribution in [-0.4, -0.2) is 61.4 Å². The van der Waals surface area contributed by atoms with Gasteiger partial charge in [0.1, 0.15) is 0 Å². The first kappa shape index (κ1) is 51.9. The van der Waals surface area contributed by atoms with Crippen molar-refractivity contribution in [3.8, 4) is 0 Å². The molecule has 6 nitrogen and oxygen atoms in total. The molecule has 53 heavy (non-hydrogen) atoms. The van der Waals surface area contributed by atoms with Crippen LogP contribution in [0.25, 0.3) is 0 Å². The topological polar surface area (TPSA) is 76.1 Å². The molecule has 0 spiro atoms. The molecule has 0 saturated carbocycles. The minimum absolute atomic E-state index is 0.00524. The summed E-state index contributed by atoms with van der Waals surface area (Å²) in [6.45, 7) is 15.7. The molecule has 0 unspecified atom stereocenters. The summed E-state index contributed by atoms with van der Waals surface area (Å²) >= 11 is 0. The second kappa shape index (κ2) is 39.1. The van der Waals surface area contributed by atoms with Crippen LogP contribution in [-0.2, 0) is 19.1 Å². The Morgan fingerprint density at radius 1 is 0.528 bits per heavy atom. The average molecular weight is 752 g/mol. The summed E-state index contributed by atoms with van der Waals surface area (Å²) < 4.78 is 11.5. The van der Waals surface area contributed by atoms with E-state index in [1.54, 1.807) is 0 Å². The summed E-state index contributed by atoms with van der Waals surface area (Å²) in [7, 11) is 0. The minimum atomic E-state index is -0.419. The van der Waals surface area contributed by atoms with Crippen LogP contribution < -0.4 is 0 Å². The molecule has 0 aromatic carbocycles. The monoisotopic (exact) mass is 752 g/mol. The van der Waals surface area contributed by atoms with E-state index in [2.05, 4.69) is 39.5 Å². The third-order valence-corrected chi connectivity index (χ3v) is 11.2. The Morgan fingerprint density at radius 3 is 1.49 bits per heavy atom. The molecule has 0 rings (SSSR count). The van der Waals surface area contributed by atoms with Crippen molar-refractivity contribution in [3.63, 3.8) is 0 Å². The predicted molar refractivity (Wildman–Crippen MR) is 227 cm³/mol. The highest BCUT2D eigenvalue weighted by molar-refractivity contribution is 5.75. The maximum atomic E-state index is 13.2. The van der Waals surface area contributed by atoms with Crippen LogP contribution in [0.4, 0.5) is 0 Å². The quantitative estimate of drug-likeness (QED) is 0.0494. The maximum absolute atomic E-state index is 13.2. The van der Waals surface area contributed by atoms with E-state index in [9.17, 15) is 14.7 Å². The van der Waals surface area contributed by atoms with Crippen molar-refractivity contribution in [2.45, 2.75) is 240 Å². The van der Waals surface area contributed by atoms with Gasteiger partial charge in [-0.05, 0) is 97.2 Å². The van der Waals surface area contributed by atoms with Crippen LogP contribution in [0.3, 0.4) is 0 Å². The fourth-order valence-electron chi connectivity index (χ4n) is 7.37. The lowest BCUT2D eigenvalue weighted by Crippen LogP contribution is -2.28. The SMILES string of the molecule is CCCCCCCCCC(=O)OCCCCCCCN(CCCCO)CCCCCCC(C)(C)C(=O)OCC(CCCCCCC)CCCCCCC. The minimum Gasteiger partial charge on any atom is -0.466 e. The molecule has 0 fully saturated rings. The molecule has 0 bridgehead atoms. The Morgan fingerprint density at radius 2 is 0.962 bits per heavy atom. The number of hydrogen-bond donors (Lipinski definition) is 1. The standard InChI is InChI=1S/C47H93NO5/c1-6-9-12-15-16-20-27-36-45(50)52-42-33-24-17-22-29-38-48(40-31-32-41-49)39-30-23-21-28-37-47(4,5)46(51)53-43-44(34-25-18-13-10-7-2)35-26-19-14-11-8-3/h44,49H,6-43H2,1-5H3. The summed E-state index contributed by atoms with van der Waals surface area (Å²) in [5, 5.41) is 9.30. The fourth-order valence-corrected chi connectivity index (χ4v) is 7.37. The van der Waals surface area contributed by atoms with Gasteiger partial charge in [0, 0.05) is 13.0 Å². The van der Waals surface area contributed by atoms with Gasteiger partial charge in [-0.3, -0.25) is 9.59 Å². The summed E-state index contributed by atoms with van der Waals surface area (Å²) in [5.41, 5.74) is -0.419. The number of aliphatic hydroxyl groups is 1. The van der Waals surface area contributed by atoms with Gasteiger partial charge in [-0.15, -0.1) is 0 Å². The molecular weight excluding hydrogens is 659 g/mol. The fraction of sp³-hybridized carbons (Fsp3) is 0.957. The zero-order valence-electron chi connectivity index (χ0n) is 36.5. The molecule has 0 saturated heterocycles. The van der Waals surface area contributed by atoms with Crippen LogP contribution in [0.5, 0.6) is 0 Å². The molecule has 0 heterocycles. The van der Waals surface area contributed by atoms with Crippen molar-refractivity contribution in [3.05, 3.63) is 0 Å². The van der Waals surface area contributed by atoms with E-state index >= 15 is 0 Å². The second-order valence-corrected chi connectivity index (χ2v) is 17.1. The summed E-state index contributed by atoms with van der Waals surface area (Å²) in [4.78, 5) is 27.7. The molecule has 0 aliphatic rings. The van der Waals surface area contributed by atoms with Crippen LogP contribution in [0.15, 0.2) is 0 Å². The normalized spacial score (nSPS) is 11.9. The molecule has 0 aliphatic carbocycles. The van der Waals surface area contributed by atoms with Gasteiger partial charge in [-0.1, -0.05) is 162 Å². The lowest BCUT2D eigenvalue weighted by atomic mass is 9.86. The smallest absolute Gasteiger partial charge is 0.311 e. The average Bonchev–Trinajstić information content (AvgIpc) is 3.14. The number of unbranched alkanes of at least 4 members (excludes halogenated alkanes) is 22. The Balaban J connectivity index is 4.24. The van der Waals surface area contributed by atoms with Gasteiger partial charge in [0.2, 0.25) is 0 Å². The van der Waals surface area contributed by atoms with E-state index in [1.807, 2.05) is 0 Å². The van der Waals surface area contributed by atoms with Gasteiger partial charge in [-0.2, -0.15) is 0 Å². The lowest BCUT2D eigenvalue weighted by molar-refractivity contribution is -0.156. The van der Waals surface area contributed by atoms with Crippen LogP contribution in [0, 0.1) is 11.3 Å². The highest BCUT2D eigenvalue weighted by Crippen LogP contribution is 2.27. The van der Waals surface area contributed by atoms with E-state index < -0.39 is 5.41 Å². The number of nitrogens with zero attached hydrogens (tertiary/aromatic N) is 1. The molecule has 0 atom stereocenters. The van der Waals surface area contributed by atoms with Gasteiger partial charge in [0.05, 0.1) is 18.6 Å². The highest BCUT2D eigenvalue weighted by Gasteiger charge is 2.29.